The first-order valence-corrected chi connectivity index (χ1v) is 6.55. The van der Waals surface area contributed by atoms with Crippen molar-refractivity contribution in [1.29, 1.82) is 0 Å². The number of H-pyrrole nitrogens is 1. The second-order valence-electron chi connectivity index (χ2n) is 3.89. The number of nitrogens with two attached hydrogens (primary N) is 1. The maximum atomic E-state index is 12.0. The number of hydrogen-bond acceptors (Lipinski definition) is 5. The number of hydrogen-bond donors (Lipinski definition) is 3. The van der Waals surface area contributed by atoms with Gasteiger partial charge in [-0.1, -0.05) is 12.1 Å². The summed E-state index contributed by atoms with van der Waals surface area (Å²) in [4.78, 5) is 23.4. The molecule has 0 aliphatic rings. The van der Waals surface area contributed by atoms with Crippen molar-refractivity contribution in [2.24, 2.45) is 5.73 Å². The van der Waals surface area contributed by atoms with E-state index in [0.29, 0.717) is 18.2 Å². The summed E-state index contributed by atoms with van der Waals surface area (Å²) < 4.78 is 0. The zero-order valence-corrected chi connectivity index (χ0v) is 10.7. The van der Waals surface area contributed by atoms with Crippen molar-refractivity contribution >= 4 is 34.2 Å². The van der Waals surface area contributed by atoms with Crippen molar-refractivity contribution in [2.75, 3.05) is 5.32 Å². The number of anilines is 1. The molecule has 0 aliphatic heterocycles. The fourth-order valence-corrected chi connectivity index (χ4v) is 2.35. The fraction of sp³-hybridized carbons (Fsp3) is 0.0833. The van der Waals surface area contributed by atoms with E-state index < -0.39 is 0 Å². The smallest absolute Gasteiger partial charge is 0.277 e. The molecule has 0 aliphatic carbocycles. The van der Waals surface area contributed by atoms with Gasteiger partial charge < -0.3 is 10.7 Å². The fourth-order valence-electron chi connectivity index (χ4n) is 1.69. The van der Waals surface area contributed by atoms with Gasteiger partial charge in [-0.15, -0.1) is 11.3 Å². The Morgan fingerprint density at radius 3 is 2.95 bits per heavy atom. The van der Waals surface area contributed by atoms with Gasteiger partial charge >= 0.3 is 0 Å². The Morgan fingerprint density at radius 2 is 2.21 bits per heavy atom. The number of nitrogens with zero attached hydrogens (tertiary/aromatic N) is 2. The van der Waals surface area contributed by atoms with E-state index in [1.165, 1.54) is 11.3 Å². The molecule has 0 saturated carbocycles. The molecule has 0 radical (unpaired) electrons. The summed E-state index contributed by atoms with van der Waals surface area (Å²) in [5.74, 6) is 0.114. The quantitative estimate of drug-likeness (QED) is 0.677. The van der Waals surface area contributed by atoms with Crippen LogP contribution in [0.15, 0.2) is 29.6 Å². The van der Waals surface area contributed by atoms with E-state index in [1.54, 1.807) is 5.38 Å². The van der Waals surface area contributed by atoms with Crippen LogP contribution in [0.1, 0.15) is 15.5 Å². The van der Waals surface area contributed by atoms with Gasteiger partial charge in [-0.3, -0.25) is 10.1 Å². The van der Waals surface area contributed by atoms with Crippen LogP contribution >= 0.6 is 11.3 Å². The number of aromatic nitrogens is 3. The van der Waals surface area contributed by atoms with Crippen LogP contribution in [-0.4, -0.2) is 20.9 Å². The summed E-state index contributed by atoms with van der Waals surface area (Å²) in [5, 5.41) is 5.09. The SMILES string of the molecule is NCc1nc(C(=O)Nc2nc3ccccc3[nH]2)cs1. The summed E-state index contributed by atoms with van der Waals surface area (Å²) in [6.45, 7) is 0.336. The maximum Gasteiger partial charge on any atom is 0.277 e. The monoisotopic (exact) mass is 273 g/mol. The van der Waals surface area contributed by atoms with Gasteiger partial charge in [0.05, 0.1) is 11.0 Å². The summed E-state index contributed by atoms with van der Waals surface area (Å²) >= 11 is 1.37. The highest BCUT2D eigenvalue weighted by Crippen LogP contribution is 2.15. The van der Waals surface area contributed by atoms with Crippen molar-refractivity contribution in [3.05, 3.63) is 40.3 Å². The molecular weight excluding hydrogens is 262 g/mol. The highest BCUT2D eigenvalue weighted by Gasteiger charge is 2.12. The van der Waals surface area contributed by atoms with Crippen LogP contribution in [0, 0.1) is 0 Å². The number of benzene rings is 1. The molecule has 19 heavy (non-hydrogen) atoms. The second-order valence-corrected chi connectivity index (χ2v) is 4.83. The Bertz CT molecular complexity index is 699. The number of amides is 1. The minimum atomic E-state index is -0.296. The number of imidazole rings is 1. The lowest BCUT2D eigenvalue weighted by Crippen LogP contribution is -2.13. The van der Waals surface area contributed by atoms with Crippen LogP contribution in [-0.2, 0) is 6.54 Å². The largest absolute Gasteiger partial charge is 0.325 e. The van der Waals surface area contributed by atoms with Crippen LogP contribution in [0.3, 0.4) is 0 Å². The standard InChI is InChI=1S/C12H11N5OS/c13-5-10-14-9(6-19-10)11(18)17-12-15-7-3-1-2-4-8(7)16-12/h1-4,6H,5,13H2,(H2,15,16,17,18). The third-order valence-electron chi connectivity index (χ3n) is 2.58. The molecule has 96 valence electrons. The summed E-state index contributed by atoms with van der Waals surface area (Å²) in [6, 6.07) is 7.56. The molecule has 1 aromatic carbocycles. The molecule has 0 atom stereocenters. The van der Waals surface area contributed by atoms with Gasteiger partial charge in [0, 0.05) is 11.9 Å². The second kappa shape index (κ2) is 4.79. The van der Waals surface area contributed by atoms with E-state index in [1.807, 2.05) is 24.3 Å². The van der Waals surface area contributed by atoms with Gasteiger partial charge in [-0.05, 0) is 12.1 Å². The number of carbonyl (C=O) groups is 1. The molecular formula is C12H11N5OS. The lowest BCUT2D eigenvalue weighted by atomic mass is 10.3. The van der Waals surface area contributed by atoms with E-state index in [2.05, 4.69) is 20.3 Å². The number of nitrogens with one attached hydrogen (secondary N) is 2. The molecule has 0 bridgehead atoms. The van der Waals surface area contributed by atoms with E-state index in [9.17, 15) is 4.79 Å². The number of rotatable bonds is 3. The van der Waals surface area contributed by atoms with Gasteiger partial charge in [-0.2, -0.15) is 0 Å². The molecule has 2 aromatic heterocycles. The van der Waals surface area contributed by atoms with Crippen molar-refractivity contribution in [1.82, 2.24) is 15.0 Å². The first kappa shape index (κ1) is 11.8. The number of fused-ring (bicyclic) bond motifs is 1. The number of carbonyl (C=O) groups excluding carboxylic acids is 1. The Hall–Kier alpha value is -2.25. The van der Waals surface area contributed by atoms with Crippen LogP contribution in [0.4, 0.5) is 5.95 Å². The Morgan fingerprint density at radius 1 is 1.37 bits per heavy atom. The van der Waals surface area contributed by atoms with E-state index in [-0.39, 0.29) is 5.91 Å². The summed E-state index contributed by atoms with van der Waals surface area (Å²) in [7, 11) is 0. The molecule has 4 N–H and O–H groups in total. The number of para-hydroxylation sites is 2. The molecule has 1 amide bonds. The first-order chi connectivity index (χ1) is 9.26. The minimum Gasteiger partial charge on any atom is -0.325 e. The topological polar surface area (TPSA) is 96.7 Å². The highest BCUT2D eigenvalue weighted by molar-refractivity contribution is 7.09. The van der Waals surface area contributed by atoms with E-state index in [4.69, 9.17) is 5.73 Å². The number of aromatic amines is 1. The normalized spacial score (nSPS) is 10.8. The average molecular weight is 273 g/mol. The molecule has 0 fully saturated rings. The molecule has 3 aromatic rings. The molecule has 0 spiro atoms. The molecule has 7 heteroatoms. The highest BCUT2D eigenvalue weighted by atomic mass is 32.1. The predicted octanol–water partition coefficient (Wildman–Crippen LogP) is 1.73. The van der Waals surface area contributed by atoms with Crippen molar-refractivity contribution in [3.8, 4) is 0 Å². The Labute approximate surface area is 112 Å². The van der Waals surface area contributed by atoms with Crippen LogP contribution in [0.5, 0.6) is 0 Å². The third kappa shape index (κ3) is 2.33. The molecule has 0 unspecified atom stereocenters. The molecule has 2 heterocycles. The third-order valence-corrected chi connectivity index (χ3v) is 3.45. The molecule has 6 nitrogen and oxygen atoms in total. The van der Waals surface area contributed by atoms with Gasteiger partial charge in [0.15, 0.2) is 0 Å². The lowest BCUT2D eigenvalue weighted by Gasteiger charge is -1.97. The van der Waals surface area contributed by atoms with Gasteiger partial charge in [-0.25, -0.2) is 9.97 Å². The summed E-state index contributed by atoms with van der Waals surface area (Å²) in [6.07, 6.45) is 0. The zero-order chi connectivity index (χ0) is 13.2. The average Bonchev–Trinajstić information content (AvgIpc) is 3.04. The van der Waals surface area contributed by atoms with Crippen molar-refractivity contribution in [3.63, 3.8) is 0 Å². The zero-order valence-electron chi connectivity index (χ0n) is 9.88. The number of thiazole rings is 1. The van der Waals surface area contributed by atoms with Gasteiger partial charge in [0.25, 0.3) is 5.91 Å². The summed E-state index contributed by atoms with van der Waals surface area (Å²) in [5.41, 5.74) is 7.50. The van der Waals surface area contributed by atoms with E-state index >= 15 is 0 Å². The van der Waals surface area contributed by atoms with Crippen molar-refractivity contribution < 1.29 is 4.79 Å². The first-order valence-electron chi connectivity index (χ1n) is 5.67. The molecule has 0 saturated heterocycles. The molecule has 3 rings (SSSR count). The Kier molecular flexibility index (Phi) is 2.98. The minimum absolute atomic E-state index is 0.296. The van der Waals surface area contributed by atoms with Crippen molar-refractivity contribution in [2.45, 2.75) is 6.54 Å². The van der Waals surface area contributed by atoms with Crippen LogP contribution in [0.25, 0.3) is 11.0 Å². The lowest BCUT2D eigenvalue weighted by molar-refractivity contribution is 0.102. The van der Waals surface area contributed by atoms with Gasteiger partial charge in [0.1, 0.15) is 10.7 Å². The predicted molar refractivity (Wildman–Crippen MR) is 74.1 cm³/mol. The van der Waals surface area contributed by atoms with E-state index in [0.717, 1.165) is 16.0 Å². The van der Waals surface area contributed by atoms with Crippen LogP contribution < -0.4 is 11.1 Å². The van der Waals surface area contributed by atoms with Gasteiger partial charge in [0.2, 0.25) is 5.95 Å². The van der Waals surface area contributed by atoms with Crippen LogP contribution in [0.2, 0.25) is 0 Å². The maximum absolute atomic E-state index is 12.0. The Balaban J connectivity index is 1.82.